The number of rotatable bonds is 4. The summed E-state index contributed by atoms with van der Waals surface area (Å²) in [6.45, 7) is 0. The number of aromatic nitrogens is 4. The van der Waals surface area contributed by atoms with E-state index in [1.54, 1.807) is 29.3 Å². The summed E-state index contributed by atoms with van der Waals surface area (Å²) < 4.78 is 1.69. The van der Waals surface area contributed by atoms with Crippen molar-refractivity contribution in [3.8, 4) is 5.69 Å². The number of nitrogens with zero attached hydrogens (tertiary/aromatic N) is 5. The van der Waals surface area contributed by atoms with Gasteiger partial charge < -0.3 is 0 Å². The molecular formula is C17H11N5O2S. The summed E-state index contributed by atoms with van der Waals surface area (Å²) in [4.78, 5) is 19.9. The molecule has 2 heterocycles. The van der Waals surface area contributed by atoms with Gasteiger partial charge in [0.05, 0.1) is 16.0 Å². The zero-order valence-corrected chi connectivity index (χ0v) is 13.6. The van der Waals surface area contributed by atoms with Crippen LogP contribution in [-0.4, -0.2) is 24.7 Å². The number of benzene rings is 2. The first-order chi connectivity index (χ1) is 12.2. The monoisotopic (exact) mass is 349 g/mol. The van der Waals surface area contributed by atoms with Crippen LogP contribution in [0.1, 0.15) is 0 Å². The fraction of sp³-hybridized carbons (Fsp3) is 0. The van der Waals surface area contributed by atoms with Gasteiger partial charge in [0.15, 0.2) is 0 Å². The lowest BCUT2D eigenvalue weighted by atomic mass is 10.1. The van der Waals surface area contributed by atoms with Crippen LogP contribution in [0.4, 0.5) is 5.69 Å². The van der Waals surface area contributed by atoms with Crippen molar-refractivity contribution in [3.63, 3.8) is 0 Å². The summed E-state index contributed by atoms with van der Waals surface area (Å²) in [6, 6.07) is 14.6. The van der Waals surface area contributed by atoms with Crippen molar-refractivity contribution in [2.24, 2.45) is 0 Å². The molecule has 4 rings (SSSR count). The van der Waals surface area contributed by atoms with Crippen molar-refractivity contribution >= 4 is 28.2 Å². The van der Waals surface area contributed by atoms with Crippen LogP contribution in [-0.2, 0) is 0 Å². The predicted molar refractivity (Wildman–Crippen MR) is 93.9 cm³/mol. The summed E-state index contributed by atoms with van der Waals surface area (Å²) in [7, 11) is 0. The van der Waals surface area contributed by atoms with Crippen molar-refractivity contribution in [2.75, 3.05) is 0 Å². The second kappa shape index (κ2) is 6.33. The van der Waals surface area contributed by atoms with Crippen LogP contribution in [0.25, 0.3) is 16.5 Å². The Kier molecular flexibility index (Phi) is 3.87. The van der Waals surface area contributed by atoms with Gasteiger partial charge in [0.1, 0.15) is 6.33 Å². The molecule has 0 bridgehead atoms. The quantitative estimate of drug-likeness (QED) is 0.410. The number of para-hydroxylation sites is 1. The molecule has 2 aromatic heterocycles. The lowest BCUT2D eigenvalue weighted by Crippen LogP contribution is -1.94. The number of hydrogen-bond acceptors (Lipinski definition) is 6. The van der Waals surface area contributed by atoms with E-state index in [0.717, 1.165) is 16.0 Å². The molecule has 0 aliphatic rings. The number of nitro benzene ring substituents is 1. The van der Waals surface area contributed by atoms with E-state index in [1.165, 1.54) is 24.0 Å². The molecule has 0 amide bonds. The Balaban J connectivity index is 1.71. The van der Waals surface area contributed by atoms with Gasteiger partial charge in [0.2, 0.25) is 5.16 Å². The molecule has 0 unspecified atom stereocenters. The fourth-order valence-corrected chi connectivity index (χ4v) is 3.34. The molecule has 25 heavy (non-hydrogen) atoms. The fourth-order valence-electron chi connectivity index (χ4n) is 2.49. The first-order valence-electron chi connectivity index (χ1n) is 7.38. The van der Waals surface area contributed by atoms with Gasteiger partial charge in [-0.2, -0.15) is 0 Å². The van der Waals surface area contributed by atoms with E-state index in [0.29, 0.717) is 10.5 Å². The molecule has 2 aromatic carbocycles. The number of fused-ring (bicyclic) bond motifs is 1. The molecule has 0 N–H and O–H groups in total. The van der Waals surface area contributed by atoms with Gasteiger partial charge in [-0.05, 0) is 36.0 Å². The van der Waals surface area contributed by atoms with E-state index < -0.39 is 4.92 Å². The van der Waals surface area contributed by atoms with Gasteiger partial charge in [-0.25, -0.2) is 9.67 Å². The van der Waals surface area contributed by atoms with E-state index in [4.69, 9.17) is 0 Å². The van der Waals surface area contributed by atoms with Crippen molar-refractivity contribution in [1.29, 1.82) is 0 Å². The lowest BCUT2D eigenvalue weighted by molar-refractivity contribution is -0.383. The third-order valence-corrected chi connectivity index (χ3v) is 4.59. The van der Waals surface area contributed by atoms with E-state index >= 15 is 0 Å². The summed E-state index contributed by atoms with van der Waals surface area (Å²) in [5.41, 5.74) is 0.954. The summed E-state index contributed by atoms with van der Waals surface area (Å²) in [6.07, 6.45) is 4.77. The van der Waals surface area contributed by atoms with Crippen molar-refractivity contribution < 1.29 is 4.92 Å². The molecule has 122 valence electrons. The number of pyridine rings is 1. The molecule has 0 spiro atoms. The topological polar surface area (TPSA) is 86.7 Å². The third-order valence-electron chi connectivity index (χ3n) is 3.64. The molecule has 8 heteroatoms. The van der Waals surface area contributed by atoms with Gasteiger partial charge in [0.25, 0.3) is 5.69 Å². The van der Waals surface area contributed by atoms with E-state index in [1.807, 2.05) is 30.3 Å². The van der Waals surface area contributed by atoms with Crippen molar-refractivity contribution in [1.82, 2.24) is 19.7 Å². The minimum Gasteiger partial charge on any atom is -0.264 e. The SMILES string of the molecule is O=[N+]([O-])c1ccc(Sc2ncn(-c3ccccc3)n2)c2ccncc12. The Labute approximate surface area is 146 Å². The summed E-state index contributed by atoms with van der Waals surface area (Å²) in [5, 5.41) is 17.5. The molecular weight excluding hydrogens is 338 g/mol. The van der Waals surface area contributed by atoms with Crippen molar-refractivity contribution in [2.45, 2.75) is 10.1 Å². The zero-order chi connectivity index (χ0) is 17.2. The number of non-ortho nitro benzene ring substituents is 1. The van der Waals surface area contributed by atoms with Gasteiger partial charge >= 0.3 is 0 Å². The third kappa shape index (κ3) is 2.94. The second-order valence-electron chi connectivity index (χ2n) is 5.17. The second-order valence-corrected chi connectivity index (χ2v) is 6.18. The minimum atomic E-state index is -0.402. The molecule has 0 aliphatic heterocycles. The van der Waals surface area contributed by atoms with Crippen LogP contribution < -0.4 is 0 Å². The largest absolute Gasteiger partial charge is 0.278 e. The highest BCUT2D eigenvalue weighted by molar-refractivity contribution is 7.99. The van der Waals surface area contributed by atoms with Gasteiger partial charge in [-0.1, -0.05) is 18.2 Å². The van der Waals surface area contributed by atoms with Crippen LogP contribution in [0.2, 0.25) is 0 Å². The van der Waals surface area contributed by atoms with Crippen LogP contribution in [0.5, 0.6) is 0 Å². The van der Waals surface area contributed by atoms with E-state index in [-0.39, 0.29) is 5.69 Å². The molecule has 0 atom stereocenters. The average molecular weight is 349 g/mol. The number of nitro groups is 1. The Bertz CT molecular complexity index is 1070. The van der Waals surface area contributed by atoms with Crippen LogP contribution >= 0.6 is 11.8 Å². The van der Waals surface area contributed by atoms with Gasteiger partial charge in [-0.3, -0.25) is 15.1 Å². The molecule has 4 aromatic rings. The predicted octanol–water partition coefficient (Wildman–Crippen LogP) is 3.87. The van der Waals surface area contributed by atoms with Crippen LogP contribution in [0.3, 0.4) is 0 Å². The standard InChI is InChI=1S/C17H11N5O2S/c23-22(24)15-6-7-16(13-8-9-18-10-14(13)15)25-17-19-11-21(20-17)12-4-2-1-3-5-12/h1-11H. The van der Waals surface area contributed by atoms with Crippen LogP contribution in [0, 0.1) is 10.1 Å². The Morgan fingerprint density at radius 1 is 1.04 bits per heavy atom. The minimum absolute atomic E-state index is 0.0372. The maximum absolute atomic E-state index is 11.2. The van der Waals surface area contributed by atoms with Crippen LogP contribution in [0.15, 0.2) is 77.3 Å². The van der Waals surface area contributed by atoms with Crippen molar-refractivity contribution in [3.05, 3.63) is 77.4 Å². The highest BCUT2D eigenvalue weighted by Gasteiger charge is 2.16. The van der Waals surface area contributed by atoms with Gasteiger partial charge in [0, 0.05) is 28.7 Å². The maximum atomic E-state index is 11.2. The lowest BCUT2D eigenvalue weighted by Gasteiger charge is -2.04. The average Bonchev–Trinajstić information content (AvgIpc) is 3.11. The highest BCUT2D eigenvalue weighted by atomic mass is 32.2. The van der Waals surface area contributed by atoms with E-state index in [9.17, 15) is 10.1 Å². The summed E-state index contributed by atoms with van der Waals surface area (Å²) >= 11 is 1.36. The first-order valence-corrected chi connectivity index (χ1v) is 8.20. The molecule has 0 saturated carbocycles. The van der Waals surface area contributed by atoms with Gasteiger partial charge in [-0.15, -0.1) is 5.10 Å². The smallest absolute Gasteiger partial charge is 0.264 e. The first kappa shape index (κ1) is 15.3. The molecule has 0 saturated heterocycles. The number of hydrogen-bond donors (Lipinski definition) is 0. The Morgan fingerprint density at radius 3 is 2.68 bits per heavy atom. The van der Waals surface area contributed by atoms with E-state index in [2.05, 4.69) is 15.1 Å². The summed E-state index contributed by atoms with van der Waals surface area (Å²) in [5.74, 6) is 0. The molecule has 0 fully saturated rings. The Morgan fingerprint density at radius 2 is 1.88 bits per heavy atom. The molecule has 7 nitrogen and oxygen atoms in total. The molecule has 0 radical (unpaired) electrons. The maximum Gasteiger partial charge on any atom is 0.278 e. The molecule has 0 aliphatic carbocycles. The highest BCUT2D eigenvalue weighted by Crippen LogP contribution is 2.35. The zero-order valence-electron chi connectivity index (χ0n) is 12.8. The Hall–Kier alpha value is -3.26. The normalized spacial score (nSPS) is 10.9.